The van der Waals surface area contributed by atoms with Gasteiger partial charge in [-0.25, -0.2) is 9.67 Å². The van der Waals surface area contributed by atoms with E-state index in [1.807, 2.05) is 13.0 Å². The van der Waals surface area contributed by atoms with Gasteiger partial charge in [0, 0.05) is 11.1 Å². The molecule has 0 bridgehead atoms. The molecule has 0 radical (unpaired) electrons. The third kappa shape index (κ3) is 3.94. The summed E-state index contributed by atoms with van der Waals surface area (Å²) in [6.45, 7) is 1.60. The van der Waals surface area contributed by atoms with Gasteiger partial charge >= 0.3 is 0 Å². The Kier molecular flexibility index (Phi) is 5.91. The second-order valence-corrected chi connectivity index (χ2v) is 8.15. The predicted octanol–water partition coefficient (Wildman–Crippen LogP) is 3.74. The number of thiazole rings is 1. The number of ketones is 1. The molecule has 0 fully saturated rings. The highest BCUT2D eigenvalue weighted by Gasteiger charge is 2.19. The van der Waals surface area contributed by atoms with Crippen LogP contribution in [0.25, 0.3) is 21.5 Å². The number of Topliss-reactive ketones (excluding diaryl/α,β-unsaturated/α-hetero) is 1. The molecular formula is C23H21N3O5S. The van der Waals surface area contributed by atoms with Crippen molar-refractivity contribution in [3.05, 3.63) is 63.4 Å². The van der Waals surface area contributed by atoms with Gasteiger partial charge in [-0.2, -0.15) is 5.10 Å². The van der Waals surface area contributed by atoms with Crippen LogP contribution in [0.5, 0.6) is 17.2 Å². The van der Waals surface area contributed by atoms with Gasteiger partial charge in [0.1, 0.15) is 18.0 Å². The fraction of sp³-hybridized carbons (Fsp3) is 0.217. The van der Waals surface area contributed by atoms with Gasteiger partial charge in [0.05, 0.1) is 31.0 Å². The highest BCUT2D eigenvalue weighted by molar-refractivity contribution is 7.19. The molecule has 2 aromatic carbocycles. The molecule has 9 heteroatoms. The summed E-state index contributed by atoms with van der Waals surface area (Å²) >= 11 is 1.38. The van der Waals surface area contributed by atoms with Crippen LogP contribution in [-0.4, -0.2) is 41.9 Å². The van der Waals surface area contributed by atoms with Crippen molar-refractivity contribution in [1.29, 1.82) is 0 Å². The maximum Gasteiger partial charge on any atom is 0.294 e. The second kappa shape index (κ2) is 8.80. The third-order valence-electron chi connectivity index (χ3n) is 4.95. The SMILES string of the molecule is COc1cccc(C(=O)Cn2nc(-c3ccc(OC)c(OC)c3)c3sc(C)nc3c2=O)c1. The summed E-state index contributed by atoms with van der Waals surface area (Å²) in [7, 11) is 4.64. The van der Waals surface area contributed by atoms with Gasteiger partial charge in [0.2, 0.25) is 0 Å². The number of hydrogen-bond donors (Lipinski definition) is 0. The number of fused-ring (bicyclic) bond motifs is 1. The molecule has 32 heavy (non-hydrogen) atoms. The average Bonchev–Trinajstić information content (AvgIpc) is 3.22. The molecule has 4 rings (SSSR count). The summed E-state index contributed by atoms with van der Waals surface area (Å²) < 4.78 is 17.7. The number of aromatic nitrogens is 3. The average molecular weight is 452 g/mol. The van der Waals surface area contributed by atoms with E-state index in [4.69, 9.17) is 14.2 Å². The number of methoxy groups -OCH3 is 3. The molecule has 0 aliphatic carbocycles. The van der Waals surface area contributed by atoms with Crippen molar-refractivity contribution in [2.75, 3.05) is 21.3 Å². The van der Waals surface area contributed by atoms with Crippen LogP contribution >= 0.6 is 11.3 Å². The number of nitrogens with zero attached hydrogens (tertiary/aromatic N) is 3. The van der Waals surface area contributed by atoms with E-state index < -0.39 is 5.56 Å². The number of carbonyl (C=O) groups is 1. The molecule has 0 atom stereocenters. The summed E-state index contributed by atoms with van der Waals surface area (Å²) in [4.78, 5) is 30.4. The molecule has 164 valence electrons. The molecule has 0 spiro atoms. The van der Waals surface area contributed by atoms with Crippen molar-refractivity contribution in [3.63, 3.8) is 0 Å². The maximum atomic E-state index is 13.1. The van der Waals surface area contributed by atoms with E-state index >= 15 is 0 Å². The van der Waals surface area contributed by atoms with Gasteiger partial charge in [0.15, 0.2) is 22.8 Å². The summed E-state index contributed by atoms with van der Waals surface area (Å²) in [5.74, 6) is 1.41. The number of carbonyl (C=O) groups excluding carboxylic acids is 1. The molecule has 8 nitrogen and oxygen atoms in total. The first-order chi connectivity index (χ1) is 15.4. The van der Waals surface area contributed by atoms with Crippen LogP contribution in [0.1, 0.15) is 15.4 Å². The van der Waals surface area contributed by atoms with Crippen molar-refractivity contribution in [2.45, 2.75) is 13.5 Å². The lowest BCUT2D eigenvalue weighted by atomic mass is 10.1. The summed E-state index contributed by atoms with van der Waals surface area (Å²) in [6, 6.07) is 12.2. The zero-order valence-corrected chi connectivity index (χ0v) is 18.9. The lowest BCUT2D eigenvalue weighted by Crippen LogP contribution is -2.27. The van der Waals surface area contributed by atoms with Crippen LogP contribution in [0.3, 0.4) is 0 Å². The van der Waals surface area contributed by atoms with E-state index in [0.29, 0.717) is 33.2 Å². The van der Waals surface area contributed by atoms with Crippen molar-refractivity contribution < 1.29 is 19.0 Å². The molecule has 0 amide bonds. The smallest absolute Gasteiger partial charge is 0.294 e. The summed E-state index contributed by atoms with van der Waals surface area (Å²) in [6.07, 6.45) is 0. The van der Waals surface area contributed by atoms with Crippen LogP contribution in [0.15, 0.2) is 47.3 Å². The van der Waals surface area contributed by atoms with Gasteiger partial charge in [-0.3, -0.25) is 9.59 Å². The third-order valence-corrected chi connectivity index (χ3v) is 5.93. The number of hydrogen-bond acceptors (Lipinski definition) is 8. The first-order valence-corrected chi connectivity index (χ1v) is 10.5. The van der Waals surface area contributed by atoms with Crippen LogP contribution in [-0.2, 0) is 6.54 Å². The predicted molar refractivity (Wildman–Crippen MR) is 122 cm³/mol. The Balaban J connectivity index is 1.84. The van der Waals surface area contributed by atoms with Crippen molar-refractivity contribution in [1.82, 2.24) is 14.8 Å². The van der Waals surface area contributed by atoms with Gasteiger partial charge in [-0.15, -0.1) is 11.3 Å². The zero-order valence-electron chi connectivity index (χ0n) is 18.0. The molecular weight excluding hydrogens is 430 g/mol. The second-order valence-electron chi connectivity index (χ2n) is 6.95. The van der Waals surface area contributed by atoms with Crippen LogP contribution < -0.4 is 19.8 Å². The highest BCUT2D eigenvalue weighted by Crippen LogP contribution is 2.35. The minimum Gasteiger partial charge on any atom is -0.497 e. The van der Waals surface area contributed by atoms with Crippen molar-refractivity contribution >= 4 is 27.3 Å². The first-order valence-electron chi connectivity index (χ1n) is 9.73. The van der Waals surface area contributed by atoms with Crippen molar-refractivity contribution in [3.8, 4) is 28.5 Å². The molecule has 0 saturated carbocycles. The lowest BCUT2D eigenvalue weighted by Gasteiger charge is -2.11. The minimum absolute atomic E-state index is 0.223. The van der Waals surface area contributed by atoms with E-state index in [1.165, 1.54) is 18.4 Å². The van der Waals surface area contributed by atoms with Gasteiger partial charge < -0.3 is 14.2 Å². The summed E-state index contributed by atoms with van der Waals surface area (Å²) in [5, 5.41) is 5.28. The Morgan fingerprint density at radius 3 is 2.53 bits per heavy atom. The molecule has 0 unspecified atom stereocenters. The monoisotopic (exact) mass is 451 g/mol. The highest BCUT2D eigenvalue weighted by atomic mass is 32.1. The molecule has 2 aromatic heterocycles. The number of benzene rings is 2. The molecule has 0 saturated heterocycles. The minimum atomic E-state index is -0.412. The van der Waals surface area contributed by atoms with E-state index in [0.717, 1.165) is 15.3 Å². The summed E-state index contributed by atoms with van der Waals surface area (Å²) in [5.41, 5.74) is 1.57. The Labute approximate surface area is 188 Å². The van der Waals surface area contributed by atoms with Crippen LogP contribution in [0, 0.1) is 6.92 Å². The maximum absolute atomic E-state index is 13.1. The largest absolute Gasteiger partial charge is 0.497 e. The van der Waals surface area contributed by atoms with E-state index in [-0.39, 0.29) is 17.8 Å². The van der Waals surface area contributed by atoms with Crippen molar-refractivity contribution in [2.24, 2.45) is 0 Å². The Bertz CT molecular complexity index is 1380. The van der Waals surface area contributed by atoms with Gasteiger partial charge in [-0.05, 0) is 37.3 Å². The van der Waals surface area contributed by atoms with Crippen LogP contribution in [0.2, 0.25) is 0 Å². The number of aryl methyl sites for hydroxylation is 1. The van der Waals surface area contributed by atoms with E-state index in [9.17, 15) is 9.59 Å². The number of rotatable bonds is 7. The zero-order chi connectivity index (χ0) is 22.8. The topological polar surface area (TPSA) is 92.5 Å². The Morgan fingerprint density at radius 2 is 1.81 bits per heavy atom. The Morgan fingerprint density at radius 1 is 1.03 bits per heavy atom. The normalized spacial score (nSPS) is 10.9. The first kappa shape index (κ1) is 21.5. The number of ether oxygens (including phenoxy) is 3. The Hall–Kier alpha value is -3.72. The lowest BCUT2D eigenvalue weighted by molar-refractivity contribution is 0.0965. The van der Waals surface area contributed by atoms with Crippen LogP contribution in [0.4, 0.5) is 0 Å². The molecule has 4 aromatic rings. The van der Waals surface area contributed by atoms with Gasteiger partial charge in [0.25, 0.3) is 5.56 Å². The van der Waals surface area contributed by atoms with E-state index in [1.54, 1.807) is 50.6 Å². The molecule has 0 N–H and O–H groups in total. The fourth-order valence-electron chi connectivity index (χ4n) is 3.37. The standard InChI is InChI=1S/C23H21N3O5S/c1-13-24-21-22(32-13)20(15-8-9-18(30-3)19(11-15)31-4)25-26(23(21)28)12-17(27)14-6-5-7-16(10-14)29-2/h5-11H,12H2,1-4H3. The quantitative estimate of drug-likeness (QED) is 0.395. The fourth-order valence-corrected chi connectivity index (χ4v) is 4.29. The van der Waals surface area contributed by atoms with Gasteiger partial charge in [-0.1, -0.05) is 12.1 Å². The molecule has 0 aliphatic rings. The molecule has 0 aliphatic heterocycles. The van der Waals surface area contributed by atoms with E-state index in [2.05, 4.69) is 10.1 Å². The molecule has 2 heterocycles.